The zero-order valence-electron chi connectivity index (χ0n) is 7.61. The summed E-state index contributed by atoms with van der Waals surface area (Å²) < 4.78 is 0. The van der Waals surface area contributed by atoms with Crippen LogP contribution >= 0.6 is 0 Å². The first kappa shape index (κ1) is 8.73. The fourth-order valence-corrected chi connectivity index (χ4v) is 1.82. The van der Waals surface area contributed by atoms with Crippen LogP contribution in [-0.4, -0.2) is 24.3 Å². The van der Waals surface area contributed by atoms with Crippen LogP contribution < -0.4 is 5.32 Å². The largest absolute Gasteiger partial charge is 0.396 e. The Balaban J connectivity index is 2.12. The van der Waals surface area contributed by atoms with E-state index in [-0.39, 0.29) is 12.5 Å². The summed E-state index contributed by atoms with van der Waals surface area (Å²) in [4.78, 5) is 0. The molecule has 13 heavy (non-hydrogen) atoms. The SMILES string of the molecule is OC[C@@H](c1ccccc1)[C@@H]1CCN1. The lowest BCUT2D eigenvalue weighted by Crippen LogP contribution is -2.47. The van der Waals surface area contributed by atoms with Gasteiger partial charge in [0.05, 0.1) is 6.61 Å². The molecule has 2 rings (SSSR count). The number of rotatable bonds is 3. The fraction of sp³-hybridized carbons (Fsp3) is 0.455. The van der Waals surface area contributed by atoms with Crippen molar-refractivity contribution in [3.63, 3.8) is 0 Å². The topological polar surface area (TPSA) is 32.3 Å². The lowest BCUT2D eigenvalue weighted by molar-refractivity contribution is 0.203. The van der Waals surface area contributed by atoms with E-state index < -0.39 is 0 Å². The summed E-state index contributed by atoms with van der Waals surface area (Å²) in [5.74, 6) is 0.273. The molecule has 0 aromatic heterocycles. The predicted octanol–water partition coefficient (Wildman–Crippen LogP) is 1.12. The van der Waals surface area contributed by atoms with Crippen molar-refractivity contribution in [3.8, 4) is 0 Å². The van der Waals surface area contributed by atoms with Gasteiger partial charge in [-0.1, -0.05) is 30.3 Å². The van der Waals surface area contributed by atoms with Crippen LogP contribution in [0.15, 0.2) is 30.3 Å². The number of benzene rings is 1. The average Bonchev–Trinajstić information content (AvgIpc) is 2.12. The third kappa shape index (κ3) is 1.74. The summed E-state index contributed by atoms with van der Waals surface area (Å²) in [5, 5.41) is 12.6. The molecule has 0 spiro atoms. The second-order valence-corrected chi connectivity index (χ2v) is 3.55. The molecule has 0 saturated carbocycles. The third-order valence-electron chi connectivity index (χ3n) is 2.77. The lowest BCUT2D eigenvalue weighted by Gasteiger charge is -2.34. The third-order valence-corrected chi connectivity index (χ3v) is 2.77. The quantitative estimate of drug-likeness (QED) is 0.725. The van der Waals surface area contributed by atoms with Crippen LogP contribution in [0, 0.1) is 0 Å². The Morgan fingerprint density at radius 1 is 1.38 bits per heavy atom. The second kappa shape index (κ2) is 3.90. The van der Waals surface area contributed by atoms with Gasteiger partial charge in [0, 0.05) is 12.0 Å². The van der Waals surface area contributed by atoms with Crippen LogP contribution in [0.1, 0.15) is 17.9 Å². The van der Waals surface area contributed by atoms with Crippen molar-refractivity contribution in [2.75, 3.05) is 13.2 Å². The zero-order chi connectivity index (χ0) is 9.10. The van der Waals surface area contributed by atoms with Crippen molar-refractivity contribution in [1.82, 2.24) is 5.32 Å². The number of aliphatic hydroxyl groups is 1. The molecule has 0 aliphatic carbocycles. The molecule has 0 unspecified atom stereocenters. The lowest BCUT2D eigenvalue weighted by atomic mass is 9.86. The molecule has 1 heterocycles. The maximum absolute atomic E-state index is 9.27. The fourth-order valence-electron chi connectivity index (χ4n) is 1.82. The first-order valence-electron chi connectivity index (χ1n) is 4.81. The van der Waals surface area contributed by atoms with Crippen LogP contribution in [0.4, 0.5) is 0 Å². The predicted molar refractivity (Wildman–Crippen MR) is 52.7 cm³/mol. The highest BCUT2D eigenvalue weighted by molar-refractivity contribution is 5.22. The van der Waals surface area contributed by atoms with Gasteiger partial charge < -0.3 is 10.4 Å². The van der Waals surface area contributed by atoms with Gasteiger partial charge >= 0.3 is 0 Å². The zero-order valence-corrected chi connectivity index (χ0v) is 7.61. The van der Waals surface area contributed by atoms with Crippen LogP contribution in [0.2, 0.25) is 0 Å². The smallest absolute Gasteiger partial charge is 0.0514 e. The first-order chi connectivity index (χ1) is 6.42. The number of nitrogens with one attached hydrogen (secondary N) is 1. The van der Waals surface area contributed by atoms with Gasteiger partial charge in [-0.05, 0) is 18.5 Å². The molecule has 2 atom stereocenters. The second-order valence-electron chi connectivity index (χ2n) is 3.55. The number of hydrogen-bond donors (Lipinski definition) is 2. The molecular weight excluding hydrogens is 162 g/mol. The van der Waals surface area contributed by atoms with E-state index in [4.69, 9.17) is 0 Å². The van der Waals surface area contributed by atoms with Crippen LogP contribution in [0.5, 0.6) is 0 Å². The van der Waals surface area contributed by atoms with E-state index in [9.17, 15) is 5.11 Å². The Morgan fingerprint density at radius 2 is 2.08 bits per heavy atom. The van der Waals surface area contributed by atoms with Crippen molar-refractivity contribution >= 4 is 0 Å². The molecule has 0 bridgehead atoms. The van der Waals surface area contributed by atoms with E-state index >= 15 is 0 Å². The summed E-state index contributed by atoms with van der Waals surface area (Å²) >= 11 is 0. The minimum atomic E-state index is 0.238. The van der Waals surface area contributed by atoms with Gasteiger partial charge in [0.2, 0.25) is 0 Å². The molecule has 1 aromatic carbocycles. The first-order valence-corrected chi connectivity index (χ1v) is 4.81. The molecule has 1 aromatic rings. The summed E-state index contributed by atoms with van der Waals surface area (Å²) in [7, 11) is 0. The molecule has 2 heteroatoms. The van der Waals surface area contributed by atoms with Gasteiger partial charge in [-0.3, -0.25) is 0 Å². The van der Waals surface area contributed by atoms with Gasteiger partial charge in [-0.2, -0.15) is 0 Å². The van der Waals surface area contributed by atoms with Crippen LogP contribution in [0.3, 0.4) is 0 Å². The number of hydrogen-bond acceptors (Lipinski definition) is 2. The molecule has 1 saturated heterocycles. The highest BCUT2D eigenvalue weighted by Crippen LogP contribution is 2.24. The van der Waals surface area contributed by atoms with Gasteiger partial charge in [0.1, 0.15) is 0 Å². The number of aliphatic hydroxyl groups excluding tert-OH is 1. The maximum Gasteiger partial charge on any atom is 0.0514 e. The van der Waals surface area contributed by atoms with Gasteiger partial charge in [-0.15, -0.1) is 0 Å². The maximum atomic E-state index is 9.27. The molecule has 1 aliphatic heterocycles. The molecule has 0 amide bonds. The Labute approximate surface area is 78.6 Å². The minimum absolute atomic E-state index is 0.238. The normalized spacial score (nSPS) is 23.6. The summed E-state index contributed by atoms with van der Waals surface area (Å²) in [5.41, 5.74) is 1.24. The van der Waals surface area contributed by atoms with E-state index in [1.165, 1.54) is 12.0 Å². The van der Waals surface area contributed by atoms with Gasteiger partial charge in [0.25, 0.3) is 0 Å². The van der Waals surface area contributed by atoms with Crippen molar-refractivity contribution < 1.29 is 5.11 Å². The Hall–Kier alpha value is -0.860. The van der Waals surface area contributed by atoms with E-state index in [0.29, 0.717) is 6.04 Å². The summed E-state index contributed by atoms with van der Waals surface area (Å²) in [6.45, 7) is 1.33. The van der Waals surface area contributed by atoms with E-state index in [1.54, 1.807) is 0 Å². The highest BCUT2D eigenvalue weighted by Gasteiger charge is 2.26. The summed E-state index contributed by atoms with van der Waals surface area (Å²) in [6.07, 6.45) is 1.18. The Bertz CT molecular complexity index is 256. The molecule has 2 N–H and O–H groups in total. The molecule has 2 nitrogen and oxygen atoms in total. The average molecular weight is 177 g/mol. The van der Waals surface area contributed by atoms with E-state index in [2.05, 4.69) is 17.4 Å². The van der Waals surface area contributed by atoms with Gasteiger partial charge in [0.15, 0.2) is 0 Å². The van der Waals surface area contributed by atoms with Crippen LogP contribution in [0.25, 0.3) is 0 Å². The molecule has 1 aliphatic rings. The molecular formula is C11H15NO. The van der Waals surface area contributed by atoms with Crippen molar-refractivity contribution in [2.45, 2.75) is 18.4 Å². The van der Waals surface area contributed by atoms with E-state index in [0.717, 1.165) is 6.54 Å². The monoisotopic (exact) mass is 177 g/mol. The van der Waals surface area contributed by atoms with Crippen molar-refractivity contribution in [1.29, 1.82) is 0 Å². The van der Waals surface area contributed by atoms with E-state index in [1.807, 2.05) is 18.2 Å². The highest BCUT2D eigenvalue weighted by atomic mass is 16.3. The molecule has 1 fully saturated rings. The van der Waals surface area contributed by atoms with Crippen molar-refractivity contribution in [2.24, 2.45) is 0 Å². The molecule has 70 valence electrons. The summed E-state index contributed by atoms with van der Waals surface area (Å²) in [6, 6.07) is 10.7. The minimum Gasteiger partial charge on any atom is -0.396 e. The Kier molecular flexibility index (Phi) is 2.62. The molecule has 0 radical (unpaired) electrons. The van der Waals surface area contributed by atoms with Crippen LogP contribution in [-0.2, 0) is 0 Å². The van der Waals surface area contributed by atoms with Gasteiger partial charge in [-0.25, -0.2) is 0 Å². The van der Waals surface area contributed by atoms with Crippen molar-refractivity contribution in [3.05, 3.63) is 35.9 Å². The Morgan fingerprint density at radius 3 is 2.54 bits per heavy atom. The standard InChI is InChI=1S/C11H15NO/c13-8-10(11-6-7-12-11)9-4-2-1-3-5-9/h1-5,10-13H,6-8H2/t10-,11-/m0/s1.